The Bertz CT molecular complexity index is 1320. The van der Waals surface area contributed by atoms with Crippen molar-refractivity contribution in [3.8, 4) is 0 Å². The second kappa shape index (κ2) is 6.53. The van der Waals surface area contributed by atoms with Gasteiger partial charge in [-0.05, 0) is 41.3 Å². The van der Waals surface area contributed by atoms with Crippen LogP contribution in [0.4, 0.5) is 5.69 Å². The average Bonchev–Trinajstić information content (AvgIpc) is 3.06. The zero-order valence-corrected chi connectivity index (χ0v) is 18.5. The zero-order chi connectivity index (χ0) is 22.4. The molecule has 3 aromatic rings. The first kappa shape index (κ1) is 19.7. The maximum Gasteiger partial charge on any atom is 0.239 e. The molecule has 1 aliphatic heterocycles. The first-order valence-electron chi connectivity index (χ1n) is 10.4. The molecule has 6 heteroatoms. The summed E-state index contributed by atoms with van der Waals surface area (Å²) in [4.78, 5) is 42.5. The molecule has 0 saturated carbocycles. The molecule has 7 rings (SSSR count). The van der Waals surface area contributed by atoms with Crippen LogP contribution in [0.2, 0.25) is 10.0 Å². The Hall–Kier alpha value is -2.95. The first-order chi connectivity index (χ1) is 15.4. The molecule has 0 unspecified atom stereocenters. The van der Waals surface area contributed by atoms with Gasteiger partial charge in [0, 0.05) is 5.92 Å². The van der Waals surface area contributed by atoms with E-state index in [1.165, 1.54) is 6.92 Å². The topological polar surface area (TPSA) is 54.5 Å². The van der Waals surface area contributed by atoms with E-state index in [-0.39, 0.29) is 33.3 Å². The van der Waals surface area contributed by atoms with Gasteiger partial charge in [0.2, 0.25) is 11.8 Å². The number of hydrogen-bond acceptors (Lipinski definition) is 3. The van der Waals surface area contributed by atoms with Crippen molar-refractivity contribution in [3.63, 3.8) is 0 Å². The molecule has 0 radical (unpaired) electrons. The summed E-state index contributed by atoms with van der Waals surface area (Å²) in [5.74, 6) is -2.74. The maximum atomic E-state index is 14.0. The molecule has 32 heavy (non-hydrogen) atoms. The molecule has 1 saturated heterocycles. The number of imide groups is 1. The Kier molecular flexibility index (Phi) is 4.02. The standard InChI is InChI=1S/C26H17Cl2NO3/c1-13(30)26-16-9-4-2-7-14(16)20(15-8-3-5-10-17(15)26)21-22(26)25(32)29(24(21)31)19-12-6-11-18(27)23(19)28/h2-12,20-22H,1H3/t20?,21-,22-,26?/m0/s1. The number of benzene rings is 3. The molecule has 4 aliphatic rings. The van der Waals surface area contributed by atoms with Crippen molar-refractivity contribution in [1.82, 2.24) is 0 Å². The van der Waals surface area contributed by atoms with Gasteiger partial charge in [-0.2, -0.15) is 0 Å². The second-order valence-electron chi connectivity index (χ2n) is 8.60. The maximum absolute atomic E-state index is 14.0. The summed E-state index contributed by atoms with van der Waals surface area (Å²) < 4.78 is 0. The quantitative estimate of drug-likeness (QED) is 0.496. The SMILES string of the molecule is CC(=O)C12c3ccccc3C(c3ccccc31)[C@@H]1C(=O)N(c3cccc(Cl)c3Cl)C(=O)[C@H]12. The van der Waals surface area contributed by atoms with Gasteiger partial charge in [0.05, 0.1) is 33.0 Å². The number of carbonyl (C=O) groups is 3. The van der Waals surface area contributed by atoms with Crippen LogP contribution in [0.3, 0.4) is 0 Å². The Balaban J connectivity index is 1.68. The number of hydrogen-bond donors (Lipinski definition) is 0. The molecule has 1 heterocycles. The Morgan fingerprint density at radius 1 is 0.844 bits per heavy atom. The number of amides is 2. The van der Waals surface area contributed by atoms with Gasteiger partial charge in [0.1, 0.15) is 5.78 Å². The van der Waals surface area contributed by atoms with E-state index in [1.54, 1.807) is 18.2 Å². The summed E-state index contributed by atoms with van der Waals surface area (Å²) in [5, 5.41) is 0.407. The lowest BCUT2D eigenvalue weighted by atomic mass is 9.46. The summed E-state index contributed by atoms with van der Waals surface area (Å²) in [5.41, 5.74) is 2.54. The predicted octanol–water partition coefficient (Wildman–Crippen LogP) is 5.13. The van der Waals surface area contributed by atoms with Crippen LogP contribution in [0.5, 0.6) is 0 Å². The number of halogens is 2. The number of ketones is 1. The van der Waals surface area contributed by atoms with E-state index in [0.29, 0.717) is 0 Å². The molecule has 2 bridgehead atoms. The number of rotatable bonds is 2. The van der Waals surface area contributed by atoms with Crippen molar-refractivity contribution >= 4 is 46.5 Å². The highest BCUT2D eigenvalue weighted by atomic mass is 35.5. The van der Waals surface area contributed by atoms with E-state index in [4.69, 9.17) is 23.2 Å². The molecule has 2 atom stereocenters. The second-order valence-corrected chi connectivity index (χ2v) is 9.39. The van der Waals surface area contributed by atoms with Crippen LogP contribution in [0.1, 0.15) is 35.1 Å². The van der Waals surface area contributed by atoms with Crippen molar-refractivity contribution < 1.29 is 14.4 Å². The minimum Gasteiger partial charge on any atom is -0.299 e. The minimum atomic E-state index is -1.22. The minimum absolute atomic E-state index is 0.147. The molecule has 0 aromatic heterocycles. The van der Waals surface area contributed by atoms with Gasteiger partial charge in [0.15, 0.2) is 0 Å². The smallest absolute Gasteiger partial charge is 0.239 e. The van der Waals surface area contributed by atoms with Gasteiger partial charge in [-0.15, -0.1) is 0 Å². The van der Waals surface area contributed by atoms with Crippen LogP contribution in [0.15, 0.2) is 66.7 Å². The van der Waals surface area contributed by atoms with E-state index in [0.717, 1.165) is 27.2 Å². The first-order valence-corrected chi connectivity index (χ1v) is 11.2. The van der Waals surface area contributed by atoms with Crippen LogP contribution in [-0.2, 0) is 19.8 Å². The van der Waals surface area contributed by atoms with Crippen molar-refractivity contribution in [1.29, 1.82) is 0 Å². The molecule has 0 N–H and O–H groups in total. The highest BCUT2D eigenvalue weighted by Gasteiger charge is 2.70. The fraction of sp³-hybridized carbons (Fsp3) is 0.192. The summed E-state index contributed by atoms with van der Waals surface area (Å²) >= 11 is 12.6. The lowest BCUT2D eigenvalue weighted by molar-refractivity contribution is -0.132. The van der Waals surface area contributed by atoms with Crippen LogP contribution in [0.25, 0.3) is 0 Å². The third kappa shape index (κ3) is 2.12. The van der Waals surface area contributed by atoms with E-state index in [1.807, 2.05) is 48.5 Å². The van der Waals surface area contributed by atoms with Crippen molar-refractivity contribution in [2.45, 2.75) is 18.3 Å². The van der Waals surface area contributed by atoms with Crippen LogP contribution in [-0.4, -0.2) is 17.6 Å². The molecule has 3 aliphatic carbocycles. The molecular weight excluding hydrogens is 445 g/mol. The number of nitrogens with zero attached hydrogens (tertiary/aromatic N) is 1. The summed E-state index contributed by atoms with van der Waals surface area (Å²) in [6, 6.07) is 20.3. The molecule has 4 nitrogen and oxygen atoms in total. The fourth-order valence-corrected chi connectivity index (χ4v) is 6.65. The predicted molar refractivity (Wildman–Crippen MR) is 122 cm³/mol. The monoisotopic (exact) mass is 461 g/mol. The highest BCUT2D eigenvalue weighted by Crippen LogP contribution is 2.64. The van der Waals surface area contributed by atoms with Crippen molar-refractivity contribution in [3.05, 3.63) is 99.0 Å². The fourth-order valence-electron chi connectivity index (χ4n) is 6.27. The Morgan fingerprint density at radius 3 is 2.03 bits per heavy atom. The number of Topliss-reactive ketones (excluding diaryl/α,β-unsaturated/α-hetero) is 1. The molecule has 1 fully saturated rings. The zero-order valence-electron chi connectivity index (χ0n) is 17.0. The summed E-state index contributed by atoms with van der Waals surface area (Å²) in [6.45, 7) is 1.52. The molecular formula is C26H17Cl2NO3. The number of carbonyl (C=O) groups excluding carboxylic acids is 3. The van der Waals surface area contributed by atoms with Gasteiger partial charge < -0.3 is 0 Å². The third-order valence-electron chi connectivity index (χ3n) is 7.35. The Morgan fingerprint density at radius 2 is 1.44 bits per heavy atom. The van der Waals surface area contributed by atoms with Gasteiger partial charge in [0.25, 0.3) is 0 Å². The molecule has 158 valence electrons. The van der Waals surface area contributed by atoms with E-state index < -0.39 is 23.2 Å². The van der Waals surface area contributed by atoms with Crippen LogP contribution >= 0.6 is 23.2 Å². The van der Waals surface area contributed by atoms with Crippen molar-refractivity contribution in [2.75, 3.05) is 4.90 Å². The van der Waals surface area contributed by atoms with Gasteiger partial charge >= 0.3 is 0 Å². The molecule has 3 aromatic carbocycles. The molecule has 0 spiro atoms. The lowest BCUT2D eigenvalue weighted by Crippen LogP contribution is -2.57. The van der Waals surface area contributed by atoms with Gasteiger partial charge in [-0.25, -0.2) is 4.90 Å². The van der Waals surface area contributed by atoms with Gasteiger partial charge in [-0.1, -0.05) is 77.8 Å². The van der Waals surface area contributed by atoms with Crippen LogP contribution in [0, 0.1) is 11.8 Å². The lowest BCUT2D eigenvalue weighted by Gasteiger charge is -2.52. The Labute approximate surface area is 194 Å². The van der Waals surface area contributed by atoms with Gasteiger partial charge in [-0.3, -0.25) is 14.4 Å². The largest absolute Gasteiger partial charge is 0.299 e. The average molecular weight is 462 g/mol. The van der Waals surface area contributed by atoms with Crippen LogP contribution < -0.4 is 4.90 Å². The summed E-state index contributed by atoms with van der Waals surface area (Å²) in [7, 11) is 0. The highest BCUT2D eigenvalue weighted by molar-refractivity contribution is 6.45. The van der Waals surface area contributed by atoms with E-state index >= 15 is 0 Å². The van der Waals surface area contributed by atoms with E-state index in [2.05, 4.69) is 0 Å². The third-order valence-corrected chi connectivity index (χ3v) is 8.15. The number of anilines is 1. The molecule has 2 amide bonds. The normalized spacial score (nSPS) is 27.2. The van der Waals surface area contributed by atoms with Crippen molar-refractivity contribution in [2.24, 2.45) is 11.8 Å². The summed E-state index contributed by atoms with van der Waals surface area (Å²) in [6.07, 6.45) is 0. The van der Waals surface area contributed by atoms with E-state index in [9.17, 15) is 14.4 Å².